The van der Waals surface area contributed by atoms with Gasteiger partial charge in [-0.05, 0) is 143 Å². The molecule has 0 atom stereocenters. The van der Waals surface area contributed by atoms with Crippen molar-refractivity contribution in [3.8, 4) is 70.3 Å². The fourth-order valence-electron chi connectivity index (χ4n) is 10.3. The summed E-state index contributed by atoms with van der Waals surface area (Å²) in [5.74, 6) is 34.3. The minimum atomic E-state index is -1.89. The topological polar surface area (TPSA) is 6.48 Å². The van der Waals surface area contributed by atoms with Crippen molar-refractivity contribution in [3.63, 3.8) is 0 Å². The maximum atomic E-state index is 3.79. The van der Waals surface area contributed by atoms with Crippen LogP contribution in [0.5, 0.6) is 0 Å². The van der Waals surface area contributed by atoms with Gasteiger partial charge in [0.25, 0.3) is 0 Å². The van der Waals surface area contributed by atoms with Crippen LogP contribution in [0.4, 0.5) is 11.4 Å². The van der Waals surface area contributed by atoms with E-state index in [0.717, 1.165) is 85.2 Å². The van der Waals surface area contributed by atoms with Crippen molar-refractivity contribution in [1.29, 1.82) is 0 Å². The Hall–Kier alpha value is -4.95. The van der Waals surface area contributed by atoms with Crippen LogP contribution in [0.3, 0.4) is 0 Å². The summed E-state index contributed by atoms with van der Waals surface area (Å²) in [4.78, 5) is 5.03. The van der Waals surface area contributed by atoms with Crippen LogP contribution >= 0.6 is 0 Å². The van der Waals surface area contributed by atoms with Crippen LogP contribution in [0.25, 0.3) is 0 Å². The molecule has 0 aliphatic heterocycles. The summed E-state index contributed by atoms with van der Waals surface area (Å²) >= 11 is 0. The predicted molar refractivity (Wildman–Crippen MR) is 307 cm³/mol. The number of unbranched alkanes of at least 4 members (excludes halogenated alkanes) is 4. The predicted octanol–water partition coefficient (Wildman–Crippen LogP) is 16.4. The zero-order valence-corrected chi connectivity index (χ0v) is 47.6. The van der Waals surface area contributed by atoms with Crippen LogP contribution in [0.15, 0.2) is 60.7 Å². The van der Waals surface area contributed by atoms with Gasteiger partial charge in [-0.3, -0.25) is 0 Å². The first-order chi connectivity index (χ1) is 32.5. The molecule has 0 N–H and O–H groups in total. The van der Waals surface area contributed by atoms with Crippen LogP contribution in [-0.2, 0) is 0 Å². The molecule has 362 valence electrons. The van der Waals surface area contributed by atoms with E-state index in [-0.39, 0.29) is 0 Å². The SMILES string of the molecule is CCCCN(CCCC)c1ccc(C#Cc2ccc(C#Cc3ccc(N(CCCC)CCCC)cc3C#CC#C[Si](C(C)C)(C(C)C)C(C)C)cc2)c(C#CC#C[Si](C(C)C)(C(C)C)C(C)C)c1. The van der Waals surface area contributed by atoms with Crippen LogP contribution in [0, 0.1) is 70.3 Å². The maximum Gasteiger partial charge on any atom is 0.147 e. The normalized spacial score (nSPS) is 11.1. The van der Waals surface area contributed by atoms with Crippen molar-refractivity contribution in [2.24, 2.45) is 0 Å². The van der Waals surface area contributed by atoms with E-state index < -0.39 is 16.1 Å². The Morgan fingerprint density at radius 1 is 0.353 bits per heavy atom. The molecule has 0 bridgehead atoms. The number of hydrogen-bond donors (Lipinski definition) is 0. The Morgan fingerprint density at radius 2 is 0.647 bits per heavy atom. The molecular weight excluding hydrogens is 853 g/mol. The van der Waals surface area contributed by atoms with E-state index >= 15 is 0 Å². The van der Waals surface area contributed by atoms with Gasteiger partial charge in [0.2, 0.25) is 0 Å². The van der Waals surface area contributed by atoms with E-state index in [2.05, 4.69) is 252 Å². The standard InChI is InChI=1S/C64H88N2Si2/c1-17-21-43-65(44-22-18-2)63-41-39-59(61(49-63)29-25-27-47-67(51(5)6,52(7)8)53(9)10)37-35-57-31-33-58(34-32-57)36-38-60-40-42-64(66(45-23-19-3)46-24-20-4)50-62(60)30-26-28-48-68(54(11)12,55(13)14)56(15)16/h31-34,39-42,49-56H,17-24,43-46H2,1-16H3. The molecule has 3 aromatic carbocycles. The van der Waals surface area contributed by atoms with E-state index in [0.29, 0.717) is 33.2 Å². The van der Waals surface area contributed by atoms with E-state index in [1.807, 2.05) is 0 Å². The van der Waals surface area contributed by atoms with Gasteiger partial charge in [-0.15, -0.1) is 11.1 Å². The summed E-state index contributed by atoms with van der Waals surface area (Å²) in [6, 6.07) is 21.5. The maximum absolute atomic E-state index is 3.79. The highest BCUT2D eigenvalue weighted by Gasteiger charge is 2.42. The van der Waals surface area contributed by atoms with Crippen molar-refractivity contribution in [2.45, 2.75) is 195 Å². The third kappa shape index (κ3) is 16.1. The number of rotatable bonds is 20. The Labute approximate surface area is 421 Å². The fraction of sp³-hybridized carbons (Fsp3) is 0.531. The zero-order valence-electron chi connectivity index (χ0n) is 45.6. The Morgan fingerprint density at radius 3 is 0.912 bits per heavy atom. The first-order valence-electron chi connectivity index (χ1n) is 26.5. The molecule has 0 radical (unpaired) electrons. The van der Waals surface area contributed by atoms with Crippen molar-refractivity contribution in [2.75, 3.05) is 36.0 Å². The lowest BCUT2D eigenvalue weighted by Crippen LogP contribution is -2.43. The second-order valence-electron chi connectivity index (χ2n) is 20.7. The van der Waals surface area contributed by atoms with Crippen molar-refractivity contribution < 1.29 is 0 Å². The summed E-state index contributed by atoms with van der Waals surface area (Å²) in [5, 5.41) is 0. The van der Waals surface area contributed by atoms with E-state index in [1.54, 1.807) is 0 Å². The lowest BCUT2D eigenvalue weighted by molar-refractivity contribution is 0.678. The first-order valence-corrected chi connectivity index (χ1v) is 31.0. The number of hydrogen-bond acceptors (Lipinski definition) is 2. The van der Waals surface area contributed by atoms with Gasteiger partial charge in [0.05, 0.1) is 0 Å². The summed E-state index contributed by atoms with van der Waals surface area (Å²) in [5.41, 5.74) is 19.0. The van der Waals surface area contributed by atoms with Gasteiger partial charge in [0.1, 0.15) is 16.1 Å². The Balaban J connectivity index is 2.10. The van der Waals surface area contributed by atoms with Gasteiger partial charge < -0.3 is 9.80 Å². The van der Waals surface area contributed by atoms with Gasteiger partial charge in [-0.25, -0.2) is 0 Å². The second-order valence-corrected chi connectivity index (χ2v) is 31.9. The molecule has 0 fully saturated rings. The van der Waals surface area contributed by atoms with Crippen LogP contribution in [0.1, 0.15) is 196 Å². The van der Waals surface area contributed by atoms with Crippen LogP contribution < -0.4 is 9.80 Å². The third-order valence-electron chi connectivity index (χ3n) is 14.2. The highest BCUT2D eigenvalue weighted by molar-refractivity contribution is 6.91. The molecule has 0 spiro atoms. The van der Waals surface area contributed by atoms with Crippen LogP contribution in [-0.4, -0.2) is 42.3 Å². The molecule has 0 aliphatic carbocycles. The number of nitrogens with zero attached hydrogens (tertiary/aromatic N) is 2. The Bertz CT molecular complexity index is 2200. The van der Waals surface area contributed by atoms with E-state index in [4.69, 9.17) is 0 Å². The van der Waals surface area contributed by atoms with Gasteiger partial charge >= 0.3 is 0 Å². The fourth-order valence-corrected chi connectivity index (χ4v) is 20.6. The first kappa shape index (κ1) is 57.4. The van der Waals surface area contributed by atoms with Crippen molar-refractivity contribution in [3.05, 3.63) is 94.0 Å². The van der Waals surface area contributed by atoms with Gasteiger partial charge in [-0.2, -0.15) is 0 Å². The van der Waals surface area contributed by atoms with Gasteiger partial charge in [0, 0.05) is 70.9 Å². The van der Waals surface area contributed by atoms with Crippen LogP contribution in [0.2, 0.25) is 33.2 Å². The summed E-state index contributed by atoms with van der Waals surface area (Å²) in [6.45, 7) is 41.4. The molecule has 0 saturated heterocycles. The Kier molecular flexibility index (Phi) is 24.6. The largest absolute Gasteiger partial charge is 0.372 e. The quantitative estimate of drug-likeness (QED) is 0.0823. The molecule has 3 aromatic rings. The highest BCUT2D eigenvalue weighted by atomic mass is 28.3. The molecule has 0 amide bonds. The molecule has 68 heavy (non-hydrogen) atoms. The van der Waals surface area contributed by atoms with Crippen molar-refractivity contribution in [1.82, 2.24) is 0 Å². The molecule has 4 heteroatoms. The lowest BCUT2D eigenvalue weighted by atomic mass is 10.0. The molecule has 2 nitrogen and oxygen atoms in total. The summed E-state index contributed by atoms with van der Waals surface area (Å²) in [7, 11) is -3.78. The molecular formula is C64H88N2Si2. The smallest absolute Gasteiger partial charge is 0.147 e. The number of benzene rings is 3. The van der Waals surface area contributed by atoms with E-state index in [9.17, 15) is 0 Å². The zero-order chi connectivity index (χ0) is 50.3. The second kappa shape index (κ2) is 29.2. The average Bonchev–Trinajstić information content (AvgIpc) is 3.30. The monoisotopic (exact) mass is 941 g/mol. The molecule has 3 rings (SSSR count). The summed E-state index contributed by atoms with van der Waals surface area (Å²) in [6.07, 6.45) is 9.31. The molecule has 0 aliphatic rings. The number of anilines is 2. The van der Waals surface area contributed by atoms with Crippen molar-refractivity contribution >= 4 is 27.5 Å². The minimum absolute atomic E-state index is 0.561. The third-order valence-corrected chi connectivity index (χ3v) is 26.8. The summed E-state index contributed by atoms with van der Waals surface area (Å²) < 4.78 is 0. The molecule has 0 aromatic heterocycles. The van der Waals surface area contributed by atoms with Gasteiger partial charge in [-0.1, -0.05) is 172 Å². The molecule has 0 saturated carbocycles. The highest BCUT2D eigenvalue weighted by Crippen LogP contribution is 2.41. The molecule has 0 heterocycles. The average molecular weight is 942 g/mol. The minimum Gasteiger partial charge on any atom is -0.372 e. The molecule has 0 unspecified atom stereocenters. The van der Waals surface area contributed by atoms with Gasteiger partial charge in [0.15, 0.2) is 0 Å². The lowest BCUT2D eigenvalue weighted by Gasteiger charge is -2.37. The van der Waals surface area contributed by atoms with E-state index in [1.165, 1.54) is 37.1 Å².